The van der Waals surface area contributed by atoms with E-state index in [4.69, 9.17) is 39.5 Å². The van der Waals surface area contributed by atoms with Crippen LogP contribution in [0.1, 0.15) is 55.8 Å². The maximum absolute atomic E-state index is 11.7. The Bertz CT molecular complexity index is 424. The van der Waals surface area contributed by atoms with Gasteiger partial charge in [-0.3, -0.25) is 4.79 Å². The zero-order chi connectivity index (χ0) is 15.7. The molecule has 1 aromatic rings. The topological polar surface area (TPSA) is 26.3 Å². The molecule has 0 bridgehead atoms. The second kappa shape index (κ2) is 9.55. The van der Waals surface area contributed by atoms with Crippen LogP contribution in [0, 0.1) is 0 Å². The van der Waals surface area contributed by atoms with Gasteiger partial charge in [-0.1, -0.05) is 73.8 Å². The number of ether oxygens (including phenoxy) is 1. The first-order valence-corrected chi connectivity index (χ1v) is 8.43. The van der Waals surface area contributed by atoms with Gasteiger partial charge < -0.3 is 4.74 Å². The zero-order valence-electron chi connectivity index (χ0n) is 12.2. The van der Waals surface area contributed by atoms with Crippen LogP contribution < -0.4 is 4.74 Å². The van der Waals surface area contributed by atoms with Crippen molar-refractivity contribution in [1.29, 1.82) is 0 Å². The molecule has 0 saturated heterocycles. The maximum Gasteiger partial charge on any atom is 0.253 e. The summed E-state index contributed by atoms with van der Waals surface area (Å²) in [6.45, 7) is 2.89. The van der Waals surface area contributed by atoms with E-state index < -0.39 is 9.58 Å². The first-order chi connectivity index (χ1) is 9.95. The molecule has 0 fully saturated rings. The minimum absolute atomic E-state index is 0.363. The van der Waals surface area contributed by atoms with E-state index in [2.05, 4.69) is 6.92 Å². The normalized spacial score (nSPS) is 11.4. The van der Waals surface area contributed by atoms with Gasteiger partial charge in [0.25, 0.3) is 3.79 Å². The Balaban J connectivity index is 2.30. The molecule has 0 amide bonds. The minimum atomic E-state index is -1.92. The predicted octanol–water partition coefficient (Wildman–Crippen LogP) is 5.98. The number of alkyl halides is 3. The molecule has 118 valence electrons. The molecule has 0 atom stereocenters. The fraction of sp³-hybridized carbons (Fsp3) is 0.562. The average Bonchev–Trinajstić information content (AvgIpc) is 2.45. The second-order valence-electron chi connectivity index (χ2n) is 4.97. The van der Waals surface area contributed by atoms with Gasteiger partial charge in [-0.25, -0.2) is 0 Å². The van der Waals surface area contributed by atoms with E-state index >= 15 is 0 Å². The van der Waals surface area contributed by atoms with Gasteiger partial charge in [-0.2, -0.15) is 0 Å². The molecule has 21 heavy (non-hydrogen) atoms. The second-order valence-corrected chi connectivity index (χ2v) is 7.25. The van der Waals surface area contributed by atoms with Crippen molar-refractivity contribution < 1.29 is 9.53 Å². The minimum Gasteiger partial charge on any atom is -0.494 e. The first-order valence-electron chi connectivity index (χ1n) is 7.29. The Morgan fingerprint density at radius 3 is 2.14 bits per heavy atom. The number of unbranched alkanes of at least 4 members (excludes halogenated alkanes) is 5. The van der Waals surface area contributed by atoms with Gasteiger partial charge in [0.05, 0.1) is 6.61 Å². The van der Waals surface area contributed by atoms with Gasteiger partial charge in [0.2, 0.25) is 5.78 Å². The zero-order valence-corrected chi connectivity index (χ0v) is 14.5. The molecule has 0 aliphatic heterocycles. The van der Waals surface area contributed by atoms with Crippen LogP contribution in [-0.4, -0.2) is 16.2 Å². The summed E-state index contributed by atoms with van der Waals surface area (Å²) < 4.78 is 3.71. The van der Waals surface area contributed by atoms with E-state index in [1.54, 1.807) is 24.3 Å². The van der Waals surface area contributed by atoms with Crippen LogP contribution in [0.4, 0.5) is 0 Å². The lowest BCUT2D eigenvalue weighted by Gasteiger charge is -2.10. The Hall–Kier alpha value is -0.440. The van der Waals surface area contributed by atoms with Crippen LogP contribution in [0.5, 0.6) is 5.75 Å². The Morgan fingerprint density at radius 2 is 1.57 bits per heavy atom. The van der Waals surface area contributed by atoms with Crippen LogP contribution in [0.25, 0.3) is 0 Å². The van der Waals surface area contributed by atoms with Gasteiger partial charge in [-0.05, 0) is 30.7 Å². The fourth-order valence-corrected chi connectivity index (χ4v) is 2.27. The molecule has 1 rings (SSSR count). The SMILES string of the molecule is CCCCCCCCOc1ccc(C(=O)C(Cl)(Cl)Cl)cc1. The molecular formula is C16H21Cl3O2. The van der Waals surface area contributed by atoms with Gasteiger partial charge in [0.15, 0.2) is 0 Å². The predicted molar refractivity (Wildman–Crippen MR) is 89.9 cm³/mol. The van der Waals surface area contributed by atoms with E-state index in [1.165, 1.54) is 32.1 Å². The summed E-state index contributed by atoms with van der Waals surface area (Å²) in [5, 5.41) is 0. The quantitative estimate of drug-likeness (QED) is 0.311. The van der Waals surface area contributed by atoms with E-state index in [1.807, 2.05) is 0 Å². The molecule has 0 spiro atoms. The number of benzene rings is 1. The average molecular weight is 352 g/mol. The Labute approximate surface area is 141 Å². The number of hydrogen-bond acceptors (Lipinski definition) is 2. The molecule has 0 aliphatic rings. The summed E-state index contributed by atoms with van der Waals surface area (Å²) in [4.78, 5) is 11.7. The van der Waals surface area contributed by atoms with Crippen molar-refractivity contribution in [2.45, 2.75) is 49.2 Å². The smallest absolute Gasteiger partial charge is 0.253 e. The highest BCUT2D eigenvalue weighted by molar-refractivity contribution is 6.77. The number of carbonyl (C=O) groups excluding carboxylic acids is 1. The van der Waals surface area contributed by atoms with Gasteiger partial charge in [-0.15, -0.1) is 0 Å². The molecule has 0 N–H and O–H groups in total. The van der Waals surface area contributed by atoms with Crippen molar-refractivity contribution in [2.24, 2.45) is 0 Å². The highest BCUT2D eigenvalue weighted by atomic mass is 35.6. The largest absolute Gasteiger partial charge is 0.494 e. The molecule has 5 heteroatoms. The standard InChI is InChI=1S/C16H21Cl3O2/c1-2-3-4-5-6-7-12-21-14-10-8-13(9-11-14)15(20)16(17,18)19/h8-11H,2-7,12H2,1H3. The summed E-state index contributed by atoms with van der Waals surface area (Å²) in [5.41, 5.74) is 0.363. The van der Waals surface area contributed by atoms with E-state index in [9.17, 15) is 4.79 Å². The van der Waals surface area contributed by atoms with Crippen LogP contribution in [0.15, 0.2) is 24.3 Å². The number of halogens is 3. The van der Waals surface area contributed by atoms with Crippen molar-refractivity contribution in [3.05, 3.63) is 29.8 Å². The van der Waals surface area contributed by atoms with Crippen molar-refractivity contribution >= 4 is 40.6 Å². The number of carbonyl (C=O) groups is 1. The third-order valence-electron chi connectivity index (χ3n) is 3.14. The molecule has 0 unspecified atom stereocenters. The van der Waals surface area contributed by atoms with Gasteiger partial charge in [0, 0.05) is 5.56 Å². The summed E-state index contributed by atoms with van der Waals surface area (Å²) in [5.74, 6) is 0.194. The molecule has 0 aromatic heterocycles. The number of Topliss-reactive ketones (excluding diaryl/α,β-unsaturated/α-hetero) is 1. The molecule has 0 aliphatic carbocycles. The third kappa shape index (κ3) is 7.39. The van der Waals surface area contributed by atoms with E-state index in [0.717, 1.165) is 12.2 Å². The lowest BCUT2D eigenvalue weighted by atomic mass is 10.1. The maximum atomic E-state index is 11.7. The number of hydrogen-bond donors (Lipinski definition) is 0. The van der Waals surface area contributed by atoms with Gasteiger partial charge >= 0.3 is 0 Å². The van der Waals surface area contributed by atoms with Crippen molar-refractivity contribution in [3.63, 3.8) is 0 Å². The van der Waals surface area contributed by atoms with E-state index in [-0.39, 0.29) is 0 Å². The lowest BCUT2D eigenvalue weighted by molar-refractivity contribution is 0.0996. The van der Waals surface area contributed by atoms with Crippen LogP contribution in [0.2, 0.25) is 0 Å². The first kappa shape index (κ1) is 18.6. The van der Waals surface area contributed by atoms with E-state index in [0.29, 0.717) is 12.2 Å². The van der Waals surface area contributed by atoms with Crippen LogP contribution >= 0.6 is 34.8 Å². The highest BCUT2D eigenvalue weighted by Crippen LogP contribution is 2.30. The Kier molecular flexibility index (Phi) is 8.46. The third-order valence-corrected chi connectivity index (χ3v) is 3.66. The summed E-state index contributed by atoms with van der Waals surface area (Å²) in [7, 11) is 0. The number of rotatable bonds is 9. The monoisotopic (exact) mass is 350 g/mol. The van der Waals surface area contributed by atoms with Crippen molar-refractivity contribution in [1.82, 2.24) is 0 Å². The summed E-state index contributed by atoms with van der Waals surface area (Å²) in [6, 6.07) is 6.67. The molecule has 0 radical (unpaired) electrons. The molecular weight excluding hydrogens is 331 g/mol. The van der Waals surface area contributed by atoms with Crippen molar-refractivity contribution in [2.75, 3.05) is 6.61 Å². The van der Waals surface area contributed by atoms with Gasteiger partial charge in [0.1, 0.15) is 5.75 Å². The lowest BCUT2D eigenvalue weighted by Crippen LogP contribution is -2.18. The molecule has 0 heterocycles. The molecule has 0 saturated carbocycles. The summed E-state index contributed by atoms with van der Waals surface area (Å²) in [6.07, 6.45) is 7.34. The molecule has 1 aromatic carbocycles. The van der Waals surface area contributed by atoms with Crippen molar-refractivity contribution in [3.8, 4) is 5.75 Å². The molecule has 2 nitrogen and oxygen atoms in total. The Morgan fingerprint density at radius 1 is 1.00 bits per heavy atom. The fourth-order valence-electron chi connectivity index (χ4n) is 1.94. The highest BCUT2D eigenvalue weighted by Gasteiger charge is 2.31. The van der Waals surface area contributed by atoms with Crippen LogP contribution in [0.3, 0.4) is 0 Å². The number of ketones is 1. The summed E-state index contributed by atoms with van der Waals surface area (Å²) >= 11 is 16.7. The van der Waals surface area contributed by atoms with Crippen LogP contribution in [-0.2, 0) is 0 Å².